The van der Waals surface area contributed by atoms with Gasteiger partial charge in [-0.3, -0.25) is 9.59 Å². The molecule has 0 aromatic rings. The number of esters is 1. The quantitative estimate of drug-likeness (QED) is 0.0321. The van der Waals surface area contributed by atoms with Crippen LogP contribution in [0.5, 0.6) is 0 Å². The zero-order chi connectivity index (χ0) is 45.9. The predicted molar refractivity (Wildman–Crippen MR) is 273 cm³/mol. The van der Waals surface area contributed by atoms with Crippen LogP contribution in [0.4, 0.5) is 0 Å². The Kier molecular flexibility index (Phi) is 49.1. The van der Waals surface area contributed by atoms with E-state index in [-0.39, 0.29) is 24.9 Å². The number of ether oxygens (including phenoxy) is 1. The Labute approximate surface area is 391 Å². The monoisotopic (exact) mass is 884 g/mol. The fourth-order valence-corrected chi connectivity index (χ4v) is 8.24. The van der Waals surface area contributed by atoms with Crippen LogP contribution in [-0.4, -0.2) is 46.9 Å². The first-order chi connectivity index (χ1) is 31.0. The molecule has 368 valence electrons. The second-order valence-corrected chi connectivity index (χ2v) is 18.7. The first-order valence-electron chi connectivity index (χ1n) is 27.4. The summed E-state index contributed by atoms with van der Waals surface area (Å²) in [5.41, 5.74) is 0. The topological polar surface area (TPSA) is 95.9 Å². The molecule has 3 atom stereocenters. The molecule has 0 saturated heterocycles. The van der Waals surface area contributed by atoms with Crippen LogP contribution in [-0.2, 0) is 14.3 Å². The van der Waals surface area contributed by atoms with Crippen LogP contribution in [0.15, 0.2) is 48.6 Å². The van der Waals surface area contributed by atoms with Crippen molar-refractivity contribution in [3.05, 3.63) is 48.6 Å². The van der Waals surface area contributed by atoms with Crippen molar-refractivity contribution in [2.75, 3.05) is 6.61 Å². The van der Waals surface area contributed by atoms with Crippen LogP contribution in [0.1, 0.15) is 278 Å². The number of unbranched alkanes of at least 4 members (excludes halogenated alkanes) is 31. The average Bonchev–Trinajstić information content (AvgIpc) is 3.28. The number of allylic oxidation sites excluding steroid dienone is 8. The van der Waals surface area contributed by atoms with E-state index in [1.807, 2.05) is 0 Å². The third-order valence-corrected chi connectivity index (χ3v) is 12.4. The molecular weight excluding hydrogens is 779 g/mol. The van der Waals surface area contributed by atoms with E-state index in [0.717, 1.165) is 83.5 Å². The summed E-state index contributed by atoms with van der Waals surface area (Å²) in [7, 11) is 0. The highest BCUT2D eigenvalue weighted by Gasteiger charge is 2.24. The minimum Gasteiger partial charge on any atom is -0.462 e. The molecule has 0 saturated carbocycles. The molecule has 0 rings (SSSR count). The molecule has 3 unspecified atom stereocenters. The number of nitrogens with one attached hydrogen (secondary N) is 1. The van der Waals surface area contributed by atoms with E-state index in [4.69, 9.17) is 4.74 Å². The van der Waals surface area contributed by atoms with E-state index in [2.05, 4.69) is 74.7 Å². The largest absolute Gasteiger partial charge is 0.462 e. The van der Waals surface area contributed by atoms with Crippen molar-refractivity contribution in [3.63, 3.8) is 0 Å². The highest BCUT2D eigenvalue weighted by atomic mass is 16.5. The predicted octanol–water partition coefficient (Wildman–Crippen LogP) is 16.6. The molecular formula is C57H105NO5. The van der Waals surface area contributed by atoms with Crippen molar-refractivity contribution in [1.29, 1.82) is 0 Å². The Bertz CT molecular complexity index is 1080. The summed E-state index contributed by atoms with van der Waals surface area (Å²) in [6, 6.07) is -0.715. The van der Waals surface area contributed by atoms with Crippen LogP contribution in [0.3, 0.4) is 0 Å². The lowest BCUT2D eigenvalue weighted by molar-refractivity contribution is -0.151. The lowest BCUT2D eigenvalue weighted by atomic mass is 10.0. The zero-order valence-corrected chi connectivity index (χ0v) is 42.0. The molecule has 1 amide bonds. The molecule has 6 heteroatoms. The van der Waals surface area contributed by atoms with Gasteiger partial charge in [0.05, 0.1) is 25.2 Å². The fourth-order valence-electron chi connectivity index (χ4n) is 8.24. The molecule has 0 heterocycles. The van der Waals surface area contributed by atoms with E-state index in [1.54, 1.807) is 0 Å². The summed E-state index contributed by atoms with van der Waals surface area (Å²) in [6.45, 7) is 6.47. The number of hydrogen-bond donors (Lipinski definition) is 3. The Balaban J connectivity index is 4.67. The molecule has 0 aliphatic heterocycles. The molecule has 6 nitrogen and oxygen atoms in total. The molecule has 0 aliphatic carbocycles. The fraction of sp³-hybridized carbons (Fsp3) is 0.825. The van der Waals surface area contributed by atoms with Gasteiger partial charge in [-0.05, 0) is 77.0 Å². The summed E-state index contributed by atoms with van der Waals surface area (Å²) in [6.07, 6.45) is 61.7. The van der Waals surface area contributed by atoms with Crippen molar-refractivity contribution in [2.24, 2.45) is 0 Å². The maximum absolute atomic E-state index is 13.2. The second kappa shape index (κ2) is 50.8. The SMILES string of the molecule is CCCCCCCCC/C=C/C=C/CCCCCC(=O)OC(CCCCC/C=C/C=C/CCCCCCCCC)CC(=O)NC(CO)C(O)CCCCCCCCCCCCCC. The number of amides is 1. The van der Waals surface area contributed by atoms with Gasteiger partial charge < -0.3 is 20.3 Å². The molecule has 0 aliphatic rings. The Hall–Kier alpha value is -2.18. The summed E-state index contributed by atoms with van der Waals surface area (Å²) < 4.78 is 5.92. The lowest BCUT2D eigenvalue weighted by Crippen LogP contribution is -2.46. The van der Waals surface area contributed by atoms with Gasteiger partial charge >= 0.3 is 5.97 Å². The van der Waals surface area contributed by atoms with Gasteiger partial charge in [-0.25, -0.2) is 0 Å². The summed E-state index contributed by atoms with van der Waals surface area (Å²) in [4.78, 5) is 26.2. The normalized spacial score (nSPS) is 13.5. The number of hydrogen-bond acceptors (Lipinski definition) is 5. The van der Waals surface area contributed by atoms with Crippen LogP contribution in [0, 0.1) is 0 Å². The minimum atomic E-state index is -0.799. The molecule has 3 N–H and O–H groups in total. The van der Waals surface area contributed by atoms with Crippen molar-refractivity contribution < 1.29 is 24.5 Å². The number of aliphatic hydroxyl groups is 2. The van der Waals surface area contributed by atoms with Crippen LogP contribution in [0.2, 0.25) is 0 Å². The van der Waals surface area contributed by atoms with E-state index < -0.39 is 18.2 Å². The summed E-state index contributed by atoms with van der Waals surface area (Å²) in [5, 5.41) is 23.8. The standard InChI is InChI=1S/C57H105NO5/c1-4-7-10-13-16-19-22-25-27-29-31-33-36-39-42-45-48-53(63-57(62)50-47-44-41-38-35-32-30-28-26-23-20-17-14-11-8-5-2)51-56(61)58-54(52-59)55(60)49-46-43-40-37-34-24-21-18-15-12-9-6-3/h27-33,35,53-55,59-60H,4-26,34,36-52H2,1-3H3,(H,58,61)/b29-27+,30-28+,33-31+,35-32+. The summed E-state index contributed by atoms with van der Waals surface area (Å²) in [5.74, 6) is -0.524. The Morgan fingerprint density at radius 3 is 1.19 bits per heavy atom. The number of carbonyl (C=O) groups is 2. The average molecular weight is 884 g/mol. The van der Waals surface area contributed by atoms with E-state index in [9.17, 15) is 19.8 Å². The maximum atomic E-state index is 13.2. The lowest BCUT2D eigenvalue weighted by Gasteiger charge is -2.24. The number of rotatable bonds is 49. The van der Waals surface area contributed by atoms with Gasteiger partial charge in [0.2, 0.25) is 5.91 Å². The molecule has 0 bridgehead atoms. The van der Waals surface area contributed by atoms with Crippen molar-refractivity contribution in [2.45, 2.75) is 296 Å². The van der Waals surface area contributed by atoms with Crippen LogP contribution >= 0.6 is 0 Å². The highest BCUT2D eigenvalue weighted by Crippen LogP contribution is 2.17. The maximum Gasteiger partial charge on any atom is 0.306 e. The Morgan fingerprint density at radius 1 is 0.460 bits per heavy atom. The molecule has 0 spiro atoms. The summed E-state index contributed by atoms with van der Waals surface area (Å²) >= 11 is 0. The van der Waals surface area contributed by atoms with Crippen molar-refractivity contribution in [3.8, 4) is 0 Å². The number of carbonyl (C=O) groups excluding carboxylic acids is 2. The van der Waals surface area contributed by atoms with Gasteiger partial charge in [0.15, 0.2) is 0 Å². The molecule has 0 fully saturated rings. The highest BCUT2D eigenvalue weighted by molar-refractivity contribution is 5.77. The second-order valence-electron chi connectivity index (χ2n) is 18.7. The van der Waals surface area contributed by atoms with Gasteiger partial charge in [0, 0.05) is 6.42 Å². The van der Waals surface area contributed by atoms with Gasteiger partial charge in [-0.15, -0.1) is 0 Å². The zero-order valence-electron chi connectivity index (χ0n) is 42.0. The van der Waals surface area contributed by atoms with E-state index in [1.165, 1.54) is 148 Å². The van der Waals surface area contributed by atoms with Gasteiger partial charge in [0.1, 0.15) is 6.10 Å². The van der Waals surface area contributed by atoms with Crippen LogP contribution in [0.25, 0.3) is 0 Å². The third-order valence-electron chi connectivity index (χ3n) is 12.4. The molecule has 0 aromatic carbocycles. The van der Waals surface area contributed by atoms with Gasteiger partial charge in [0.25, 0.3) is 0 Å². The molecule has 63 heavy (non-hydrogen) atoms. The van der Waals surface area contributed by atoms with Gasteiger partial charge in [-0.1, -0.05) is 236 Å². The smallest absolute Gasteiger partial charge is 0.306 e. The molecule has 0 aromatic heterocycles. The number of aliphatic hydroxyl groups excluding tert-OH is 2. The third kappa shape index (κ3) is 46.2. The van der Waals surface area contributed by atoms with Crippen molar-refractivity contribution in [1.82, 2.24) is 5.32 Å². The van der Waals surface area contributed by atoms with E-state index in [0.29, 0.717) is 19.3 Å². The van der Waals surface area contributed by atoms with Gasteiger partial charge in [-0.2, -0.15) is 0 Å². The minimum absolute atomic E-state index is 0.0499. The van der Waals surface area contributed by atoms with E-state index >= 15 is 0 Å². The van der Waals surface area contributed by atoms with Crippen molar-refractivity contribution >= 4 is 11.9 Å². The first kappa shape index (κ1) is 60.8. The molecule has 0 radical (unpaired) electrons. The Morgan fingerprint density at radius 2 is 0.794 bits per heavy atom. The first-order valence-corrected chi connectivity index (χ1v) is 27.4. The van der Waals surface area contributed by atoms with Crippen LogP contribution < -0.4 is 5.32 Å².